The van der Waals surface area contributed by atoms with Crippen LogP contribution in [0.2, 0.25) is 0 Å². The van der Waals surface area contributed by atoms with Crippen molar-refractivity contribution in [2.24, 2.45) is 0 Å². The van der Waals surface area contributed by atoms with Crippen LogP contribution in [0.25, 0.3) is 0 Å². The van der Waals surface area contributed by atoms with Crippen LogP contribution in [0.1, 0.15) is 16.9 Å². The van der Waals surface area contributed by atoms with Gasteiger partial charge in [-0.05, 0) is 12.1 Å². The van der Waals surface area contributed by atoms with Crippen LogP contribution < -0.4 is 0 Å². The largest absolute Gasteiger partial charge is 0.489 e. The Morgan fingerprint density at radius 2 is 2.46 bits per heavy atom. The van der Waals surface area contributed by atoms with E-state index in [1.165, 1.54) is 12.5 Å². The highest BCUT2D eigenvalue weighted by atomic mass is 16.5. The highest BCUT2D eigenvalue weighted by molar-refractivity contribution is 6.05. The van der Waals surface area contributed by atoms with E-state index in [-0.39, 0.29) is 5.78 Å². The summed E-state index contributed by atoms with van der Waals surface area (Å²) in [4.78, 5) is 19.1. The summed E-state index contributed by atoms with van der Waals surface area (Å²) in [6, 6.07) is 1.57. The summed E-state index contributed by atoms with van der Waals surface area (Å²) in [6.45, 7) is 0.589. The van der Waals surface area contributed by atoms with Crippen LogP contribution in [-0.4, -0.2) is 22.4 Å². The highest BCUT2D eigenvalue weighted by Crippen LogP contribution is 2.13. The van der Waals surface area contributed by atoms with Crippen molar-refractivity contribution >= 4 is 5.78 Å². The average Bonchev–Trinajstić information content (AvgIpc) is 2.71. The maximum Gasteiger partial charge on any atom is 0.245 e. The fourth-order valence-corrected chi connectivity index (χ4v) is 1.13. The summed E-state index contributed by atoms with van der Waals surface area (Å²) in [7, 11) is 0. The molecule has 0 bridgehead atoms. The monoisotopic (exact) mass is 176 g/mol. The Balaban J connectivity index is 2.23. The predicted octanol–water partition coefficient (Wildman–Crippen LogP) is 0.964. The Labute approximate surface area is 75.3 Å². The SMILES string of the molecule is O=C(C1=CCCO1)c1ccncn1. The lowest BCUT2D eigenvalue weighted by Gasteiger charge is -2.00. The van der Waals surface area contributed by atoms with Crippen molar-refractivity contribution in [1.82, 2.24) is 9.97 Å². The molecule has 4 nitrogen and oxygen atoms in total. The molecule has 0 saturated carbocycles. The molecule has 0 N–H and O–H groups in total. The van der Waals surface area contributed by atoms with Gasteiger partial charge in [-0.2, -0.15) is 0 Å². The first kappa shape index (κ1) is 7.91. The van der Waals surface area contributed by atoms with Gasteiger partial charge in [0.1, 0.15) is 12.0 Å². The second-order valence-electron chi connectivity index (χ2n) is 2.63. The number of hydrogen-bond donors (Lipinski definition) is 0. The molecule has 0 fully saturated rings. The number of allylic oxidation sites excluding steroid dienone is 1. The van der Waals surface area contributed by atoms with E-state index in [4.69, 9.17) is 4.74 Å². The molecule has 66 valence electrons. The highest BCUT2D eigenvalue weighted by Gasteiger charge is 2.17. The number of rotatable bonds is 2. The molecular formula is C9H8N2O2. The standard InChI is InChI=1S/C9H8N2O2/c12-9(8-2-1-5-13-8)7-3-4-10-6-11-7/h2-4,6H,1,5H2. The molecule has 0 radical (unpaired) electrons. The summed E-state index contributed by atoms with van der Waals surface area (Å²) >= 11 is 0. The van der Waals surface area contributed by atoms with Gasteiger partial charge in [-0.15, -0.1) is 0 Å². The fraction of sp³-hybridized carbons (Fsp3) is 0.222. The van der Waals surface area contributed by atoms with Gasteiger partial charge in [0.15, 0.2) is 5.76 Å². The topological polar surface area (TPSA) is 52.1 Å². The molecule has 1 aliphatic heterocycles. The van der Waals surface area contributed by atoms with Gasteiger partial charge in [0.25, 0.3) is 0 Å². The molecule has 0 saturated heterocycles. The molecule has 1 aliphatic rings. The summed E-state index contributed by atoms with van der Waals surface area (Å²) < 4.78 is 5.12. The lowest BCUT2D eigenvalue weighted by atomic mass is 10.2. The van der Waals surface area contributed by atoms with E-state index >= 15 is 0 Å². The number of aromatic nitrogens is 2. The Morgan fingerprint density at radius 1 is 1.54 bits per heavy atom. The Bertz CT molecular complexity index is 346. The van der Waals surface area contributed by atoms with E-state index in [1.807, 2.05) is 0 Å². The third-order valence-corrected chi connectivity index (χ3v) is 1.74. The number of ether oxygens (including phenoxy) is 1. The van der Waals surface area contributed by atoms with E-state index in [0.29, 0.717) is 18.1 Å². The van der Waals surface area contributed by atoms with Crippen molar-refractivity contribution in [2.45, 2.75) is 6.42 Å². The molecule has 13 heavy (non-hydrogen) atoms. The summed E-state index contributed by atoms with van der Waals surface area (Å²) in [5.74, 6) is 0.235. The fourth-order valence-electron chi connectivity index (χ4n) is 1.13. The second kappa shape index (κ2) is 3.35. The van der Waals surface area contributed by atoms with Crippen molar-refractivity contribution in [3.05, 3.63) is 36.1 Å². The number of carbonyl (C=O) groups excluding carboxylic acids is 1. The summed E-state index contributed by atoms with van der Waals surface area (Å²) in [5, 5.41) is 0. The zero-order valence-electron chi connectivity index (χ0n) is 6.93. The molecule has 0 amide bonds. The van der Waals surface area contributed by atoms with Crippen LogP contribution >= 0.6 is 0 Å². The van der Waals surface area contributed by atoms with Gasteiger partial charge in [-0.25, -0.2) is 9.97 Å². The molecule has 2 heterocycles. The van der Waals surface area contributed by atoms with E-state index < -0.39 is 0 Å². The minimum Gasteiger partial charge on any atom is -0.489 e. The van der Waals surface area contributed by atoms with E-state index in [2.05, 4.69) is 9.97 Å². The molecule has 1 aromatic heterocycles. The molecule has 2 rings (SSSR count). The Hall–Kier alpha value is -1.71. The van der Waals surface area contributed by atoms with Crippen molar-refractivity contribution < 1.29 is 9.53 Å². The predicted molar refractivity (Wildman–Crippen MR) is 45.0 cm³/mol. The summed E-state index contributed by atoms with van der Waals surface area (Å²) in [6.07, 6.45) is 5.47. The maximum atomic E-state index is 11.6. The zero-order valence-corrected chi connectivity index (χ0v) is 6.93. The third kappa shape index (κ3) is 1.56. The van der Waals surface area contributed by atoms with Crippen molar-refractivity contribution in [1.29, 1.82) is 0 Å². The van der Waals surface area contributed by atoms with Gasteiger partial charge in [0.05, 0.1) is 6.61 Å². The molecule has 0 unspecified atom stereocenters. The van der Waals surface area contributed by atoms with Crippen LogP contribution in [0.3, 0.4) is 0 Å². The van der Waals surface area contributed by atoms with Crippen molar-refractivity contribution in [2.75, 3.05) is 6.61 Å². The van der Waals surface area contributed by atoms with Gasteiger partial charge in [0, 0.05) is 12.6 Å². The van der Waals surface area contributed by atoms with Gasteiger partial charge >= 0.3 is 0 Å². The smallest absolute Gasteiger partial charge is 0.245 e. The molecule has 4 heteroatoms. The maximum absolute atomic E-state index is 11.6. The number of nitrogens with zero attached hydrogens (tertiary/aromatic N) is 2. The van der Waals surface area contributed by atoms with Crippen LogP contribution in [0, 0.1) is 0 Å². The Kier molecular flexibility index (Phi) is 2.04. The summed E-state index contributed by atoms with van der Waals surface area (Å²) in [5.41, 5.74) is 0.378. The molecule has 0 spiro atoms. The van der Waals surface area contributed by atoms with Crippen LogP contribution in [-0.2, 0) is 4.74 Å². The second-order valence-corrected chi connectivity index (χ2v) is 2.63. The van der Waals surface area contributed by atoms with Crippen molar-refractivity contribution in [3.8, 4) is 0 Å². The van der Waals surface area contributed by atoms with Crippen molar-refractivity contribution in [3.63, 3.8) is 0 Å². The molecular weight excluding hydrogens is 168 g/mol. The van der Waals surface area contributed by atoms with Gasteiger partial charge < -0.3 is 4.74 Å². The van der Waals surface area contributed by atoms with Crippen LogP contribution in [0.4, 0.5) is 0 Å². The number of ketones is 1. The quantitative estimate of drug-likeness (QED) is 0.630. The first-order valence-corrected chi connectivity index (χ1v) is 4.01. The first-order valence-electron chi connectivity index (χ1n) is 4.01. The normalized spacial score (nSPS) is 14.9. The molecule has 0 aliphatic carbocycles. The van der Waals surface area contributed by atoms with E-state index in [1.54, 1.807) is 12.1 Å². The van der Waals surface area contributed by atoms with Crippen LogP contribution in [0.5, 0.6) is 0 Å². The van der Waals surface area contributed by atoms with E-state index in [0.717, 1.165) is 6.42 Å². The lowest BCUT2D eigenvalue weighted by Crippen LogP contribution is -2.06. The van der Waals surface area contributed by atoms with Crippen LogP contribution in [0.15, 0.2) is 30.4 Å². The van der Waals surface area contributed by atoms with Gasteiger partial charge in [-0.3, -0.25) is 4.79 Å². The average molecular weight is 176 g/mol. The molecule has 1 aromatic rings. The number of Topliss-reactive ketones (excluding diaryl/α,β-unsaturated/α-hetero) is 1. The first-order chi connectivity index (χ1) is 6.38. The number of carbonyl (C=O) groups is 1. The van der Waals surface area contributed by atoms with Gasteiger partial charge in [-0.1, -0.05) is 0 Å². The third-order valence-electron chi connectivity index (χ3n) is 1.74. The Morgan fingerprint density at radius 3 is 3.08 bits per heavy atom. The lowest BCUT2D eigenvalue weighted by molar-refractivity contribution is 0.0937. The zero-order chi connectivity index (χ0) is 9.10. The number of hydrogen-bond acceptors (Lipinski definition) is 4. The van der Waals surface area contributed by atoms with Gasteiger partial charge in [0.2, 0.25) is 5.78 Å². The minimum atomic E-state index is -0.167. The molecule has 0 atom stereocenters. The van der Waals surface area contributed by atoms with E-state index in [9.17, 15) is 4.79 Å². The minimum absolute atomic E-state index is 0.167. The molecule has 0 aromatic carbocycles.